The Morgan fingerprint density at radius 1 is 1.17 bits per heavy atom. The summed E-state index contributed by atoms with van der Waals surface area (Å²) in [5.41, 5.74) is 2.24. The smallest absolute Gasteiger partial charge is 0.258 e. The van der Waals surface area contributed by atoms with Gasteiger partial charge in [-0.05, 0) is 24.3 Å². The minimum atomic E-state index is -0.268. The van der Waals surface area contributed by atoms with Crippen molar-refractivity contribution < 1.29 is 9.53 Å². The SMILES string of the molecule is O=C(Nc1nc2c(s1)COc1ccccc1-2)c1ccccc1Cl. The van der Waals surface area contributed by atoms with Crippen LogP contribution in [0.5, 0.6) is 5.75 Å². The molecule has 2 aromatic carbocycles. The molecular formula is C17H11ClN2O2S. The Morgan fingerprint density at radius 3 is 2.83 bits per heavy atom. The lowest BCUT2D eigenvalue weighted by Crippen LogP contribution is -2.12. The molecule has 0 bridgehead atoms. The Morgan fingerprint density at radius 2 is 1.96 bits per heavy atom. The van der Waals surface area contributed by atoms with Crippen molar-refractivity contribution >= 4 is 34.0 Å². The second-order valence-corrected chi connectivity index (χ2v) is 6.50. The summed E-state index contributed by atoms with van der Waals surface area (Å²) >= 11 is 7.47. The number of aromatic nitrogens is 1. The molecule has 2 heterocycles. The second-order valence-electron chi connectivity index (χ2n) is 5.01. The van der Waals surface area contributed by atoms with Gasteiger partial charge in [0.1, 0.15) is 12.4 Å². The van der Waals surface area contributed by atoms with Gasteiger partial charge >= 0.3 is 0 Å². The van der Waals surface area contributed by atoms with Crippen molar-refractivity contribution in [2.75, 3.05) is 5.32 Å². The molecule has 1 aliphatic rings. The van der Waals surface area contributed by atoms with E-state index in [0.717, 1.165) is 21.9 Å². The lowest BCUT2D eigenvalue weighted by atomic mass is 10.1. The number of rotatable bonds is 2. The Balaban J connectivity index is 1.65. The van der Waals surface area contributed by atoms with Crippen LogP contribution in [0.1, 0.15) is 15.2 Å². The molecule has 4 rings (SSSR count). The number of thiazole rings is 1. The normalized spacial score (nSPS) is 12.0. The van der Waals surface area contributed by atoms with E-state index in [2.05, 4.69) is 10.3 Å². The molecule has 23 heavy (non-hydrogen) atoms. The van der Waals surface area contributed by atoms with Gasteiger partial charge in [0.25, 0.3) is 5.91 Å². The zero-order chi connectivity index (χ0) is 15.8. The first kappa shape index (κ1) is 14.2. The van der Waals surface area contributed by atoms with Crippen LogP contribution < -0.4 is 10.1 Å². The maximum Gasteiger partial charge on any atom is 0.258 e. The van der Waals surface area contributed by atoms with Gasteiger partial charge in [-0.3, -0.25) is 10.1 Å². The van der Waals surface area contributed by atoms with Crippen LogP contribution in [0.4, 0.5) is 5.13 Å². The number of benzene rings is 2. The van der Waals surface area contributed by atoms with Crippen molar-refractivity contribution in [1.29, 1.82) is 0 Å². The molecule has 3 aromatic rings. The van der Waals surface area contributed by atoms with Gasteiger partial charge < -0.3 is 4.74 Å². The van der Waals surface area contributed by atoms with E-state index in [-0.39, 0.29) is 5.91 Å². The topological polar surface area (TPSA) is 51.2 Å². The van der Waals surface area contributed by atoms with E-state index in [9.17, 15) is 4.79 Å². The average Bonchev–Trinajstić information content (AvgIpc) is 2.98. The number of nitrogens with one attached hydrogen (secondary N) is 1. The van der Waals surface area contributed by atoms with Crippen molar-refractivity contribution in [2.45, 2.75) is 6.61 Å². The van der Waals surface area contributed by atoms with Crippen LogP contribution in [0.2, 0.25) is 5.02 Å². The molecule has 0 unspecified atom stereocenters. The molecule has 1 N–H and O–H groups in total. The van der Waals surface area contributed by atoms with Gasteiger partial charge in [0, 0.05) is 5.56 Å². The first-order valence-corrected chi connectivity index (χ1v) is 8.19. The number of fused-ring (bicyclic) bond motifs is 3. The summed E-state index contributed by atoms with van der Waals surface area (Å²) in [5.74, 6) is 0.546. The Labute approximate surface area is 141 Å². The van der Waals surface area contributed by atoms with Crippen molar-refractivity contribution in [3.63, 3.8) is 0 Å². The minimum Gasteiger partial charge on any atom is -0.487 e. The third-order valence-electron chi connectivity index (χ3n) is 3.54. The van der Waals surface area contributed by atoms with E-state index in [1.54, 1.807) is 24.3 Å². The third-order valence-corrected chi connectivity index (χ3v) is 4.81. The zero-order valence-corrected chi connectivity index (χ0v) is 13.4. The predicted molar refractivity (Wildman–Crippen MR) is 91.3 cm³/mol. The predicted octanol–water partition coefficient (Wildman–Crippen LogP) is 4.61. The number of amides is 1. The number of hydrogen-bond acceptors (Lipinski definition) is 4. The highest BCUT2D eigenvalue weighted by Gasteiger charge is 2.22. The molecule has 0 atom stereocenters. The van der Waals surface area contributed by atoms with Crippen molar-refractivity contribution in [2.24, 2.45) is 0 Å². The number of hydrogen-bond donors (Lipinski definition) is 1. The highest BCUT2D eigenvalue weighted by Crippen LogP contribution is 2.40. The lowest BCUT2D eigenvalue weighted by molar-refractivity contribution is 0.102. The second kappa shape index (κ2) is 5.68. The van der Waals surface area contributed by atoms with E-state index >= 15 is 0 Å². The summed E-state index contributed by atoms with van der Waals surface area (Å²) in [7, 11) is 0. The molecule has 0 aliphatic carbocycles. The molecule has 0 radical (unpaired) electrons. The maximum absolute atomic E-state index is 12.3. The maximum atomic E-state index is 12.3. The fourth-order valence-corrected chi connectivity index (χ4v) is 3.56. The number of carbonyl (C=O) groups excluding carboxylic acids is 1. The molecule has 0 saturated carbocycles. The average molecular weight is 343 g/mol. The van der Waals surface area contributed by atoms with Gasteiger partial charge in [-0.2, -0.15) is 0 Å². The highest BCUT2D eigenvalue weighted by molar-refractivity contribution is 7.16. The molecule has 4 nitrogen and oxygen atoms in total. The molecule has 1 aliphatic heterocycles. The molecule has 1 amide bonds. The fourth-order valence-electron chi connectivity index (χ4n) is 2.45. The van der Waals surface area contributed by atoms with Crippen LogP contribution in [0, 0.1) is 0 Å². The standard InChI is InChI=1S/C17H11ClN2O2S/c18-12-7-3-1-5-10(12)16(21)20-17-19-15-11-6-2-4-8-13(11)22-9-14(15)23-17/h1-8H,9H2,(H,19,20,21). The monoisotopic (exact) mass is 342 g/mol. The van der Waals surface area contributed by atoms with Gasteiger partial charge in [-0.25, -0.2) is 4.98 Å². The Kier molecular flexibility index (Phi) is 3.52. The number of para-hydroxylation sites is 1. The molecular weight excluding hydrogens is 332 g/mol. The van der Waals surface area contributed by atoms with Gasteiger partial charge in [0.2, 0.25) is 0 Å². The van der Waals surface area contributed by atoms with Crippen LogP contribution in [-0.4, -0.2) is 10.9 Å². The van der Waals surface area contributed by atoms with E-state index in [1.807, 2.05) is 24.3 Å². The summed E-state index contributed by atoms with van der Waals surface area (Å²) in [6.07, 6.45) is 0. The summed E-state index contributed by atoms with van der Waals surface area (Å²) in [5, 5.41) is 3.77. The Hall–Kier alpha value is -2.37. The molecule has 0 saturated heterocycles. The van der Waals surface area contributed by atoms with Gasteiger partial charge in [-0.1, -0.05) is 47.2 Å². The molecule has 6 heteroatoms. The summed E-state index contributed by atoms with van der Waals surface area (Å²) in [6, 6.07) is 14.7. The van der Waals surface area contributed by atoms with E-state index in [0.29, 0.717) is 22.3 Å². The first-order chi connectivity index (χ1) is 11.2. The van der Waals surface area contributed by atoms with Crippen LogP contribution in [0.3, 0.4) is 0 Å². The van der Waals surface area contributed by atoms with Crippen molar-refractivity contribution in [1.82, 2.24) is 4.98 Å². The molecule has 1 aromatic heterocycles. The van der Waals surface area contributed by atoms with E-state index in [1.165, 1.54) is 11.3 Å². The number of ether oxygens (including phenoxy) is 1. The highest BCUT2D eigenvalue weighted by atomic mass is 35.5. The van der Waals surface area contributed by atoms with Crippen LogP contribution >= 0.6 is 22.9 Å². The first-order valence-electron chi connectivity index (χ1n) is 7.00. The Bertz CT molecular complexity index is 907. The number of nitrogens with zero attached hydrogens (tertiary/aromatic N) is 1. The van der Waals surface area contributed by atoms with E-state index < -0.39 is 0 Å². The minimum absolute atomic E-state index is 0.268. The van der Waals surface area contributed by atoms with E-state index in [4.69, 9.17) is 16.3 Å². The van der Waals surface area contributed by atoms with Gasteiger partial charge in [-0.15, -0.1) is 0 Å². The number of halogens is 1. The summed E-state index contributed by atoms with van der Waals surface area (Å²) in [6.45, 7) is 0.464. The van der Waals surface area contributed by atoms with Crippen molar-refractivity contribution in [3.05, 3.63) is 64.0 Å². The fraction of sp³-hybridized carbons (Fsp3) is 0.0588. The van der Waals surface area contributed by atoms with Gasteiger partial charge in [0.15, 0.2) is 5.13 Å². The van der Waals surface area contributed by atoms with Gasteiger partial charge in [0.05, 0.1) is 21.2 Å². The summed E-state index contributed by atoms with van der Waals surface area (Å²) in [4.78, 5) is 17.9. The molecule has 0 fully saturated rings. The quantitative estimate of drug-likeness (QED) is 0.740. The number of anilines is 1. The third kappa shape index (κ3) is 2.58. The molecule has 0 spiro atoms. The summed E-state index contributed by atoms with van der Waals surface area (Å²) < 4.78 is 5.71. The number of carbonyl (C=O) groups is 1. The van der Waals surface area contributed by atoms with Crippen LogP contribution in [-0.2, 0) is 6.61 Å². The largest absolute Gasteiger partial charge is 0.487 e. The zero-order valence-electron chi connectivity index (χ0n) is 11.9. The van der Waals surface area contributed by atoms with Crippen LogP contribution in [0.15, 0.2) is 48.5 Å². The van der Waals surface area contributed by atoms with Crippen LogP contribution in [0.25, 0.3) is 11.3 Å². The lowest BCUT2D eigenvalue weighted by Gasteiger charge is -2.15. The molecule has 114 valence electrons. The van der Waals surface area contributed by atoms with Crippen molar-refractivity contribution in [3.8, 4) is 17.0 Å².